The minimum Gasteiger partial charge on any atom is -0.346 e. The van der Waals surface area contributed by atoms with Crippen LogP contribution in [0.3, 0.4) is 0 Å². The second kappa shape index (κ2) is 5.40. The Kier molecular flexibility index (Phi) is 3.24. The van der Waals surface area contributed by atoms with Crippen molar-refractivity contribution in [2.45, 2.75) is 6.54 Å². The van der Waals surface area contributed by atoms with Gasteiger partial charge in [-0.2, -0.15) is 5.10 Å². The zero-order valence-electron chi connectivity index (χ0n) is 12.0. The Morgan fingerprint density at radius 1 is 1.22 bits per heavy atom. The number of amides is 1. The highest BCUT2D eigenvalue weighted by atomic mass is 35.5. The van der Waals surface area contributed by atoms with Crippen molar-refractivity contribution in [1.82, 2.24) is 24.3 Å². The lowest BCUT2D eigenvalue weighted by Crippen LogP contribution is -2.22. The zero-order valence-corrected chi connectivity index (χ0v) is 12.7. The number of carbonyl (C=O) groups excluding carboxylic acids is 1. The molecule has 0 atom stereocenters. The molecule has 0 unspecified atom stereocenters. The summed E-state index contributed by atoms with van der Waals surface area (Å²) in [6.45, 7) is 0.336. The van der Waals surface area contributed by atoms with Gasteiger partial charge in [0, 0.05) is 18.6 Å². The number of hydrogen-bond donors (Lipinski definition) is 1. The van der Waals surface area contributed by atoms with Crippen molar-refractivity contribution < 1.29 is 4.79 Å². The Morgan fingerprint density at radius 3 is 3.04 bits per heavy atom. The predicted molar refractivity (Wildman–Crippen MR) is 86.6 cm³/mol. The second-order valence-corrected chi connectivity index (χ2v) is 5.55. The predicted octanol–water partition coefficient (Wildman–Crippen LogP) is 2.57. The van der Waals surface area contributed by atoms with Gasteiger partial charge in [0.1, 0.15) is 5.65 Å². The molecule has 0 aliphatic rings. The molecule has 6 nitrogen and oxygen atoms in total. The topological polar surface area (TPSA) is 63.7 Å². The van der Waals surface area contributed by atoms with Crippen molar-refractivity contribution in [1.29, 1.82) is 0 Å². The van der Waals surface area contributed by atoms with Gasteiger partial charge in [0.05, 0.1) is 34.5 Å². The molecule has 7 heteroatoms. The number of carbonyl (C=O) groups is 1. The number of pyridine rings is 2. The van der Waals surface area contributed by atoms with Gasteiger partial charge in [-0.05, 0) is 24.3 Å². The summed E-state index contributed by atoms with van der Waals surface area (Å²) in [5.41, 5.74) is 2.86. The molecule has 1 amide bonds. The van der Waals surface area contributed by atoms with E-state index >= 15 is 0 Å². The maximum absolute atomic E-state index is 12.3. The highest BCUT2D eigenvalue weighted by Crippen LogP contribution is 2.13. The van der Waals surface area contributed by atoms with Crippen LogP contribution < -0.4 is 5.32 Å². The fourth-order valence-electron chi connectivity index (χ4n) is 2.48. The van der Waals surface area contributed by atoms with Crippen LogP contribution in [0.2, 0.25) is 5.02 Å². The fraction of sp³-hybridized carbons (Fsp3) is 0.0625. The average molecular weight is 326 g/mol. The van der Waals surface area contributed by atoms with Crippen molar-refractivity contribution >= 4 is 28.7 Å². The number of aromatic nitrogens is 4. The van der Waals surface area contributed by atoms with Crippen molar-refractivity contribution in [2.24, 2.45) is 0 Å². The summed E-state index contributed by atoms with van der Waals surface area (Å²) >= 11 is 5.95. The van der Waals surface area contributed by atoms with E-state index in [1.165, 1.54) is 0 Å². The quantitative estimate of drug-likeness (QED) is 0.629. The molecule has 0 saturated heterocycles. The summed E-state index contributed by atoms with van der Waals surface area (Å²) in [7, 11) is 0. The molecule has 0 fully saturated rings. The van der Waals surface area contributed by atoms with Gasteiger partial charge in [0.2, 0.25) is 0 Å². The maximum atomic E-state index is 12.3. The van der Waals surface area contributed by atoms with Gasteiger partial charge < -0.3 is 9.72 Å². The second-order valence-electron chi connectivity index (χ2n) is 5.12. The van der Waals surface area contributed by atoms with Crippen LogP contribution in [0.4, 0.5) is 0 Å². The lowest BCUT2D eigenvalue weighted by molar-refractivity contribution is 0.0952. The van der Waals surface area contributed by atoms with E-state index in [0.717, 1.165) is 16.9 Å². The van der Waals surface area contributed by atoms with Crippen molar-refractivity contribution in [2.75, 3.05) is 0 Å². The summed E-state index contributed by atoms with van der Waals surface area (Å²) in [6, 6.07) is 9.21. The molecular formula is C16H12ClN5O. The van der Waals surface area contributed by atoms with Crippen LogP contribution in [-0.2, 0) is 6.54 Å². The maximum Gasteiger partial charge on any atom is 0.255 e. The Balaban J connectivity index is 1.54. The average Bonchev–Trinajstić information content (AvgIpc) is 3.15. The monoisotopic (exact) mass is 325 g/mol. The molecule has 4 aromatic heterocycles. The molecule has 1 N–H and O–H groups in total. The third kappa shape index (κ3) is 2.53. The molecule has 0 aliphatic heterocycles. The molecular weight excluding hydrogens is 314 g/mol. The molecule has 114 valence electrons. The van der Waals surface area contributed by atoms with Crippen LogP contribution in [0.25, 0.3) is 11.2 Å². The molecule has 23 heavy (non-hydrogen) atoms. The van der Waals surface area contributed by atoms with E-state index in [1.807, 2.05) is 34.9 Å². The number of imidazole rings is 1. The lowest BCUT2D eigenvalue weighted by Gasteiger charge is -2.01. The van der Waals surface area contributed by atoms with Gasteiger partial charge in [-0.1, -0.05) is 17.7 Å². The van der Waals surface area contributed by atoms with Gasteiger partial charge in [-0.15, -0.1) is 0 Å². The Bertz CT molecular complexity index is 1020. The summed E-state index contributed by atoms with van der Waals surface area (Å²) < 4.78 is 3.50. The molecule has 0 aliphatic carbocycles. The number of nitrogens with zero attached hydrogens (tertiary/aromatic N) is 4. The molecule has 0 bridgehead atoms. The lowest BCUT2D eigenvalue weighted by atomic mass is 10.2. The zero-order chi connectivity index (χ0) is 15.8. The highest BCUT2D eigenvalue weighted by Gasteiger charge is 2.12. The Hall–Kier alpha value is -2.86. The van der Waals surface area contributed by atoms with E-state index in [2.05, 4.69) is 15.4 Å². The molecule has 4 aromatic rings. The van der Waals surface area contributed by atoms with Crippen LogP contribution >= 0.6 is 11.6 Å². The first-order valence-electron chi connectivity index (χ1n) is 7.04. The van der Waals surface area contributed by atoms with Crippen LogP contribution in [0.1, 0.15) is 16.1 Å². The van der Waals surface area contributed by atoms with E-state index in [1.54, 1.807) is 29.2 Å². The fourth-order valence-corrected chi connectivity index (χ4v) is 2.65. The SMILES string of the molecule is O=C(NCc1cn2cc(Cl)ccc2n1)c1cnn2ccccc12. The molecule has 0 aromatic carbocycles. The van der Waals surface area contributed by atoms with Crippen LogP contribution in [0.5, 0.6) is 0 Å². The largest absolute Gasteiger partial charge is 0.346 e. The number of fused-ring (bicyclic) bond motifs is 2. The Labute approximate surface area is 136 Å². The first-order valence-corrected chi connectivity index (χ1v) is 7.42. The van der Waals surface area contributed by atoms with Crippen molar-refractivity contribution in [3.8, 4) is 0 Å². The third-order valence-corrected chi connectivity index (χ3v) is 3.79. The van der Waals surface area contributed by atoms with E-state index in [-0.39, 0.29) is 5.91 Å². The highest BCUT2D eigenvalue weighted by molar-refractivity contribution is 6.30. The smallest absolute Gasteiger partial charge is 0.255 e. The van der Waals surface area contributed by atoms with Gasteiger partial charge in [-0.3, -0.25) is 4.79 Å². The normalized spacial score (nSPS) is 11.2. The number of halogens is 1. The molecule has 0 saturated carbocycles. The number of hydrogen-bond acceptors (Lipinski definition) is 3. The summed E-state index contributed by atoms with van der Waals surface area (Å²) in [4.78, 5) is 16.8. The molecule has 4 rings (SSSR count). The van der Waals surface area contributed by atoms with Crippen LogP contribution in [-0.4, -0.2) is 24.9 Å². The van der Waals surface area contributed by atoms with Gasteiger partial charge >= 0.3 is 0 Å². The molecule has 0 radical (unpaired) electrons. The summed E-state index contributed by atoms with van der Waals surface area (Å²) in [5, 5.41) is 7.66. The van der Waals surface area contributed by atoms with E-state index in [9.17, 15) is 4.79 Å². The standard InChI is InChI=1S/C16H12ClN5O/c17-11-4-5-15-20-12(10-21(15)9-11)7-18-16(23)13-8-19-22-6-2-1-3-14(13)22/h1-6,8-10H,7H2,(H,18,23). The third-order valence-electron chi connectivity index (χ3n) is 3.57. The molecule has 0 spiro atoms. The minimum atomic E-state index is -0.179. The van der Waals surface area contributed by atoms with E-state index < -0.39 is 0 Å². The first-order chi connectivity index (χ1) is 11.2. The minimum absolute atomic E-state index is 0.179. The van der Waals surface area contributed by atoms with Crippen molar-refractivity contribution in [3.05, 3.63) is 71.4 Å². The number of nitrogens with one attached hydrogen (secondary N) is 1. The number of rotatable bonds is 3. The summed E-state index contributed by atoms with van der Waals surface area (Å²) in [5.74, 6) is -0.179. The molecule has 4 heterocycles. The summed E-state index contributed by atoms with van der Waals surface area (Å²) in [6.07, 6.45) is 6.99. The van der Waals surface area contributed by atoms with Gasteiger partial charge in [0.25, 0.3) is 5.91 Å². The van der Waals surface area contributed by atoms with Crippen LogP contribution in [0, 0.1) is 0 Å². The van der Waals surface area contributed by atoms with Crippen LogP contribution in [0.15, 0.2) is 55.1 Å². The first kappa shape index (κ1) is 13.8. The van der Waals surface area contributed by atoms with Gasteiger partial charge in [-0.25, -0.2) is 9.50 Å². The Morgan fingerprint density at radius 2 is 2.13 bits per heavy atom. The van der Waals surface area contributed by atoms with Gasteiger partial charge in [0.15, 0.2) is 0 Å². The van der Waals surface area contributed by atoms with E-state index in [4.69, 9.17) is 11.6 Å². The van der Waals surface area contributed by atoms with E-state index in [0.29, 0.717) is 17.1 Å². The van der Waals surface area contributed by atoms with Crippen molar-refractivity contribution in [3.63, 3.8) is 0 Å².